The first-order chi connectivity index (χ1) is 12.1. The highest BCUT2D eigenvalue weighted by Crippen LogP contribution is 2.32. The van der Waals surface area contributed by atoms with E-state index in [-0.39, 0.29) is 11.6 Å². The number of nitrogens with zero attached hydrogens (tertiary/aromatic N) is 4. The molecule has 2 aromatic carbocycles. The zero-order valence-electron chi connectivity index (χ0n) is 13.3. The maximum absolute atomic E-state index is 13.3. The second-order valence-corrected chi connectivity index (χ2v) is 5.63. The summed E-state index contributed by atoms with van der Waals surface area (Å²) in [6.45, 7) is 1.71. The van der Waals surface area contributed by atoms with Crippen molar-refractivity contribution in [3.8, 4) is 16.9 Å². The van der Waals surface area contributed by atoms with E-state index < -0.39 is 4.92 Å². The maximum Gasteiger partial charge on any atom is 0.408 e. The smallest absolute Gasteiger partial charge is 0.358 e. The largest absolute Gasteiger partial charge is 0.408 e. The Bertz CT molecular complexity index is 1080. The number of hydrogen-bond acceptors (Lipinski definition) is 3. The summed E-state index contributed by atoms with van der Waals surface area (Å²) in [5, 5.41) is 11.5. The Morgan fingerprint density at radius 1 is 1.08 bits per heavy atom. The Balaban J connectivity index is 2.12. The molecular weight excluding hydrogens is 323 g/mol. The summed E-state index contributed by atoms with van der Waals surface area (Å²) >= 11 is 0. The summed E-state index contributed by atoms with van der Waals surface area (Å²) in [6, 6.07) is 15.4. The van der Waals surface area contributed by atoms with E-state index in [1.165, 1.54) is 12.1 Å². The number of hydrogen-bond donors (Lipinski definition) is 0. The fourth-order valence-corrected chi connectivity index (χ4v) is 2.96. The Morgan fingerprint density at radius 2 is 1.76 bits per heavy atom. The predicted molar refractivity (Wildman–Crippen MR) is 91.3 cm³/mol. The lowest BCUT2D eigenvalue weighted by atomic mass is 10.1. The van der Waals surface area contributed by atoms with Crippen molar-refractivity contribution in [2.24, 2.45) is 0 Å². The quantitative estimate of drug-likeness (QED) is 0.417. The van der Waals surface area contributed by atoms with Gasteiger partial charge in [-0.05, 0) is 34.2 Å². The van der Waals surface area contributed by atoms with E-state index in [2.05, 4.69) is 4.98 Å². The van der Waals surface area contributed by atoms with Gasteiger partial charge in [0.25, 0.3) is 0 Å². The Hall–Kier alpha value is -3.48. The van der Waals surface area contributed by atoms with E-state index in [0.29, 0.717) is 17.2 Å². The minimum absolute atomic E-state index is 0.232. The molecule has 7 heteroatoms. The van der Waals surface area contributed by atoms with E-state index in [4.69, 9.17) is 0 Å². The molecule has 0 aliphatic heterocycles. The molecule has 0 aliphatic carbocycles. The lowest BCUT2D eigenvalue weighted by Gasteiger charge is -2.09. The zero-order chi connectivity index (χ0) is 17.6. The third-order valence-corrected chi connectivity index (χ3v) is 4.08. The Morgan fingerprint density at radius 3 is 2.40 bits per heavy atom. The second-order valence-electron chi connectivity index (χ2n) is 5.63. The van der Waals surface area contributed by atoms with Gasteiger partial charge in [0.2, 0.25) is 11.5 Å². The topological polar surface area (TPSA) is 65.4 Å². The molecule has 0 spiro atoms. The van der Waals surface area contributed by atoms with Gasteiger partial charge in [-0.1, -0.05) is 30.3 Å². The Labute approximate surface area is 141 Å². The van der Waals surface area contributed by atoms with Gasteiger partial charge < -0.3 is 10.1 Å². The molecule has 0 amide bonds. The molecule has 0 radical (unpaired) electrons. The standard InChI is InChI=1S/C18H13FN4O2/c1-12-20-17(23(24)25)18-21(12)11-16(13-5-3-2-4-6-13)22(18)15-9-7-14(19)8-10-15/h2-11H,1H3. The van der Waals surface area contributed by atoms with Crippen molar-refractivity contribution in [1.29, 1.82) is 0 Å². The van der Waals surface area contributed by atoms with E-state index in [9.17, 15) is 14.5 Å². The molecular formula is C18H13FN4O2. The minimum Gasteiger partial charge on any atom is -0.358 e. The van der Waals surface area contributed by atoms with Crippen LogP contribution in [0.5, 0.6) is 0 Å². The minimum atomic E-state index is -0.503. The highest BCUT2D eigenvalue weighted by atomic mass is 19.1. The van der Waals surface area contributed by atoms with E-state index in [1.54, 1.807) is 28.0 Å². The SMILES string of the molecule is Cc1nc([N+](=O)[O-])c2n(-c3ccc(F)cc3)c(-c3ccccc3)cn12. The normalized spacial score (nSPS) is 11.1. The van der Waals surface area contributed by atoms with Crippen LogP contribution in [0.1, 0.15) is 5.82 Å². The van der Waals surface area contributed by atoms with Crippen LogP contribution in [0.3, 0.4) is 0 Å². The van der Waals surface area contributed by atoms with Crippen molar-refractivity contribution >= 4 is 11.5 Å². The van der Waals surface area contributed by atoms with Gasteiger partial charge in [0.15, 0.2) is 0 Å². The molecule has 4 rings (SSSR count). The summed E-state index contributed by atoms with van der Waals surface area (Å²) in [6.07, 6.45) is 1.81. The van der Waals surface area contributed by atoms with Crippen LogP contribution >= 0.6 is 0 Å². The molecule has 124 valence electrons. The van der Waals surface area contributed by atoms with Gasteiger partial charge in [-0.2, -0.15) is 0 Å². The van der Waals surface area contributed by atoms with Crippen LogP contribution in [0.2, 0.25) is 0 Å². The summed E-state index contributed by atoms with van der Waals surface area (Å²) < 4.78 is 16.8. The van der Waals surface area contributed by atoms with Crippen molar-refractivity contribution < 1.29 is 9.31 Å². The summed E-state index contributed by atoms with van der Waals surface area (Å²) in [7, 11) is 0. The summed E-state index contributed by atoms with van der Waals surface area (Å²) in [4.78, 5) is 15.0. The molecule has 0 atom stereocenters. The lowest BCUT2D eigenvalue weighted by molar-refractivity contribution is -0.387. The van der Waals surface area contributed by atoms with Gasteiger partial charge in [0.1, 0.15) is 5.82 Å². The lowest BCUT2D eigenvalue weighted by Crippen LogP contribution is -2.00. The van der Waals surface area contributed by atoms with Crippen LogP contribution in [0.15, 0.2) is 60.8 Å². The summed E-state index contributed by atoms with van der Waals surface area (Å²) in [5.41, 5.74) is 2.62. The molecule has 2 aromatic heterocycles. The van der Waals surface area contributed by atoms with Crippen molar-refractivity contribution in [3.05, 3.63) is 82.6 Å². The first-order valence-corrected chi connectivity index (χ1v) is 7.62. The van der Waals surface area contributed by atoms with Crippen LogP contribution < -0.4 is 0 Å². The van der Waals surface area contributed by atoms with Crippen molar-refractivity contribution in [2.45, 2.75) is 6.92 Å². The predicted octanol–water partition coefficient (Wildman–Crippen LogP) is 4.15. The van der Waals surface area contributed by atoms with E-state index in [1.807, 2.05) is 36.5 Å². The average Bonchev–Trinajstić information content (AvgIpc) is 3.15. The monoisotopic (exact) mass is 336 g/mol. The van der Waals surface area contributed by atoms with Crippen LogP contribution in [0.4, 0.5) is 10.2 Å². The number of aromatic nitrogens is 3. The van der Waals surface area contributed by atoms with E-state index >= 15 is 0 Å². The number of halogens is 1. The zero-order valence-corrected chi connectivity index (χ0v) is 13.3. The van der Waals surface area contributed by atoms with Crippen molar-refractivity contribution in [3.63, 3.8) is 0 Å². The number of fused-ring (bicyclic) bond motifs is 1. The van der Waals surface area contributed by atoms with E-state index in [0.717, 1.165) is 11.3 Å². The number of benzene rings is 2. The molecule has 4 aromatic rings. The fourth-order valence-electron chi connectivity index (χ4n) is 2.96. The molecule has 0 fully saturated rings. The molecule has 0 bridgehead atoms. The average molecular weight is 336 g/mol. The van der Waals surface area contributed by atoms with Gasteiger partial charge in [0, 0.05) is 24.4 Å². The molecule has 0 N–H and O–H groups in total. The van der Waals surface area contributed by atoms with Crippen LogP contribution in [-0.2, 0) is 0 Å². The highest BCUT2D eigenvalue weighted by Gasteiger charge is 2.27. The number of nitro groups is 1. The van der Waals surface area contributed by atoms with Gasteiger partial charge in [0.05, 0.1) is 5.69 Å². The first kappa shape index (κ1) is 15.1. The van der Waals surface area contributed by atoms with Crippen LogP contribution in [0.25, 0.3) is 22.6 Å². The number of aryl methyl sites for hydroxylation is 1. The maximum atomic E-state index is 13.3. The number of imidazole rings is 2. The Kier molecular flexibility index (Phi) is 3.35. The third kappa shape index (κ3) is 2.37. The van der Waals surface area contributed by atoms with Gasteiger partial charge in [-0.15, -0.1) is 0 Å². The van der Waals surface area contributed by atoms with Gasteiger partial charge in [-0.3, -0.25) is 8.97 Å². The molecule has 6 nitrogen and oxygen atoms in total. The molecule has 0 saturated carbocycles. The third-order valence-electron chi connectivity index (χ3n) is 4.08. The molecule has 0 unspecified atom stereocenters. The second kappa shape index (κ2) is 5.55. The van der Waals surface area contributed by atoms with Gasteiger partial charge in [-0.25, -0.2) is 4.39 Å². The molecule has 0 aliphatic rings. The molecule has 0 saturated heterocycles. The van der Waals surface area contributed by atoms with Crippen LogP contribution in [-0.4, -0.2) is 18.9 Å². The highest BCUT2D eigenvalue weighted by molar-refractivity contribution is 5.73. The summed E-state index contributed by atoms with van der Waals surface area (Å²) in [5.74, 6) is -0.0869. The van der Waals surface area contributed by atoms with Crippen molar-refractivity contribution in [2.75, 3.05) is 0 Å². The molecule has 25 heavy (non-hydrogen) atoms. The first-order valence-electron chi connectivity index (χ1n) is 7.62. The van der Waals surface area contributed by atoms with Crippen molar-refractivity contribution in [1.82, 2.24) is 14.0 Å². The fraction of sp³-hybridized carbons (Fsp3) is 0.0556. The van der Waals surface area contributed by atoms with Gasteiger partial charge >= 0.3 is 5.82 Å². The van der Waals surface area contributed by atoms with Crippen LogP contribution in [0, 0.1) is 22.9 Å². The number of rotatable bonds is 3. The molecule has 2 heterocycles.